The lowest BCUT2D eigenvalue weighted by Gasteiger charge is -2.05. The molecule has 9 nitrogen and oxygen atoms in total. The number of carbonyl (C=O) groups excluding carboxylic acids is 2. The minimum Gasteiger partial charge on any atom is -0.459 e. The van der Waals surface area contributed by atoms with Crippen LogP contribution < -0.4 is 15.5 Å². The lowest BCUT2D eigenvalue weighted by molar-refractivity contribution is -0.136. The number of nitrogens with zero attached hydrogens (tertiary/aromatic N) is 1. The van der Waals surface area contributed by atoms with E-state index in [1.54, 1.807) is 54.6 Å². The molecule has 0 aliphatic rings. The van der Waals surface area contributed by atoms with Crippen molar-refractivity contribution in [3.8, 4) is 0 Å². The summed E-state index contributed by atoms with van der Waals surface area (Å²) in [7, 11) is -3.70. The maximum atomic E-state index is 12.3. The third-order valence-electron chi connectivity index (χ3n) is 3.84. The largest absolute Gasteiger partial charge is 0.459 e. The summed E-state index contributed by atoms with van der Waals surface area (Å²) in [4.78, 5) is 23.7. The molecule has 3 N–H and O–H groups in total. The Morgan fingerprint density at radius 3 is 2.39 bits per heavy atom. The third-order valence-corrected chi connectivity index (χ3v) is 5.78. The first kappa shape index (κ1) is 22.4. The molecule has 0 aliphatic carbocycles. The summed E-state index contributed by atoms with van der Waals surface area (Å²) < 4.78 is 33.2. The smallest absolute Gasteiger partial charge is 0.329 e. The summed E-state index contributed by atoms with van der Waals surface area (Å²) in [5.41, 5.74) is 2.57. The molecule has 0 unspecified atom stereocenters. The zero-order valence-corrected chi connectivity index (χ0v) is 18.3. The average Bonchev–Trinajstić information content (AvgIpc) is 3.21. The number of sulfonamides is 1. The van der Waals surface area contributed by atoms with Gasteiger partial charge in [0, 0.05) is 10.2 Å². The van der Waals surface area contributed by atoms with E-state index in [4.69, 9.17) is 4.42 Å². The van der Waals surface area contributed by atoms with Crippen molar-refractivity contribution in [2.75, 3.05) is 5.32 Å². The minimum absolute atomic E-state index is 0.0714. The molecule has 2 aromatic carbocycles. The van der Waals surface area contributed by atoms with Gasteiger partial charge in [-0.2, -0.15) is 5.10 Å². The number of carbonyl (C=O) groups is 2. The average molecular weight is 505 g/mol. The van der Waals surface area contributed by atoms with Gasteiger partial charge in [0.2, 0.25) is 10.0 Å². The molecule has 0 spiro atoms. The van der Waals surface area contributed by atoms with E-state index >= 15 is 0 Å². The van der Waals surface area contributed by atoms with Crippen molar-refractivity contribution in [3.05, 3.63) is 82.7 Å². The first-order valence-electron chi connectivity index (χ1n) is 8.87. The highest BCUT2D eigenvalue weighted by Crippen LogP contribution is 2.15. The van der Waals surface area contributed by atoms with Gasteiger partial charge in [-0.05, 0) is 48.5 Å². The molecule has 0 bridgehead atoms. The van der Waals surface area contributed by atoms with Gasteiger partial charge in [-0.25, -0.2) is 18.6 Å². The van der Waals surface area contributed by atoms with Gasteiger partial charge < -0.3 is 9.73 Å². The van der Waals surface area contributed by atoms with Crippen LogP contribution in [-0.2, 0) is 26.2 Å². The Labute approximate surface area is 186 Å². The Morgan fingerprint density at radius 2 is 1.68 bits per heavy atom. The highest BCUT2D eigenvalue weighted by Gasteiger charge is 2.15. The number of benzene rings is 2. The van der Waals surface area contributed by atoms with Crippen LogP contribution in [0.25, 0.3) is 0 Å². The molecule has 0 radical (unpaired) electrons. The van der Waals surface area contributed by atoms with Crippen molar-refractivity contribution < 1.29 is 22.4 Å². The molecule has 1 heterocycles. The van der Waals surface area contributed by atoms with Gasteiger partial charge in [-0.1, -0.05) is 34.1 Å². The van der Waals surface area contributed by atoms with Gasteiger partial charge in [-0.15, -0.1) is 0 Å². The van der Waals surface area contributed by atoms with Crippen molar-refractivity contribution in [3.63, 3.8) is 0 Å². The molecular formula is C20H17BrN4O5S. The molecule has 3 aromatic rings. The summed E-state index contributed by atoms with van der Waals surface area (Å²) >= 11 is 3.25. The molecule has 0 atom stereocenters. The quantitative estimate of drug-likeness (QED) is 0.258. The number of hydrazone groups is 1. The van der Waals surface area contributed by atoms with Crippen molar-refractivity contribution in [2.24, 2.45) is 5.10 Å². The van der Waals surface area contributed by atoms with Crippen molar-refractivity contribution >= 4 is 49.7 Å². The summed E-state index contributed by atoms with van der Waals surface area (Å²) in [6.07, 6.45) is 1.19. The maximum absolute atomic E-state index is 12.3. The zero-order valence-electron chi connectivity index (χ0n) is 15.9. The lowest BCUT2D eigenvalue weighted by atomic mass is 10.3. The number of para-hydroxylation sites is 1. The van der Waals surface area contributed by atoms with Gasteiger partial charge in [0.25, 0.3) is 0 Å². The van der Waals surface area contributed by atoms with E-state index in [2.05, 4.69) is 36.5 Å². The van der Waals surface area contributed by atoms with E-state index in [1.165, 1.54) is 18.3 Å². The van der Waals surface area contributed by atoms with Crippen LogP contribution >= 0.6 is 15.9 Å². The Hall–Kier alpha value is -3.28. The highest BCUT2D eigenvalue weighted by molar-refractivity contribution is 9.10. The first-order valence-corrected chi connectivity index (χ1v) is 11.1. The van der Waals surface area contributed by atoms with Crippen LogP contribution in [0.3, 0.4) is 0 Å². The fraction of sp³-hybridized carbons (Fsp3) is 0.0500. The second kappa shape index (κ2) is 10.2. The molecule has 11 heteroatoms. The van der Waals surface area contributed by atoms with Crippen molar-refractivity contribution in [1.82, 2.24) is 10.1 Å². The normalized spacial score (nSPS) is 11.4. The van der Waals surface area contributed by atoms with Crippen LogP contribution in [0.5, 0.6) is 0 Å². The van der Waals surface area contributed by atoms with Gasteiger partial charge >= 0.3 is 11.8 Å². The number of rotatable bonds is 7. The van der Waals surface area contributed by atoms with E-state index < -0.39 is 21.8 Å². The van der Waals surface area contributed by atoms with Crippen LogP contribution in [-0.4, -0.2) is 26.4 Å². The van der Waals surface area contributed by atoms with E-state index in [0.717, 1.165) is 4.47 Å². The van der Waals surface area contributed by atoms with Crippen LogP contribution in [0.2, 0.25) is 0 Å². The molecule has 160 valence electrons. The van der Waals surface area contributed by atoms with Crippen LogP contribution in [0.15, 0.2) is 85.6 Å². The fourth-order valence-corrected chi connectivity index (χ4v) is 3.59. The Kier molecular flexibility index (Phi) is 7.34. The molecular weight excluding hydrogens is 488 g/mol. The number of amides is 2. The number of nitrogens with one attached hydrogen (secondary N) is 3. The molecule has 3 rings (SSSR count). The summed E-state index contributed by atoms with van der Waals surface area (Å²) in [5.74, 6) is -1.21. The number of halogens is 1. The molecule has 0 fully saturated rings. The Morgan fingerprint density at radius 1 is 0.968 bits per heavy atom. The zero-order chi connectivity index (χ0) is 22.3. The fourth-order valence-electron chi connectivity index (χ4n) is 2.34. The van der Waals surface area contributed by atoms with Crippen LogP contribution in [0, 0.1) is 0 Å². The highest BCUT2D eigenvalue weighted by atomic mass is 79.9. The Bertz CT molecular complexity index is 1190. The number of furan rings is 1. The molecule has 2 amide bonds. The molecule has 0 saturated carbocycles. The molecule has 0 aliphatic heterocycles. The first-order chi connectivity index (χ1) is 14.8. The predicted molar refractivity (Wildman–Crippen MR) is 118 cm³/mol. The SMILES string of the molecule is O=C(N/N=C/c1ccc(CNS(=O)(=O)c2ccc(Br)cc2)o1)C(=O)Nc1ccccc1. The summed E-state index contributed by atoms with van der Waals surface area (Å²) in [5, 5.41) is 6.09. The standard InChI is InChI=1S/C20H17BrN4O5S/c21-14-6-10-18(11-7-14)31(28,29)23-13-17-9-8-16(30-17)12-22-25-20(27)19(26)24-15-4-2-1-3-5-15/h1-12,23H,13H2,(H,24,26)(H,25,27)/b22-12+. The molecule has 0 saturated heterocycles. The maximum Gasteiger partial charge on any atom is 0.329 e. The predicted octanol–water partition coefficient (Wildman–Crippen LogP) is 2.61. The summed E-state index contributed by atoms with van der Waals surface area (Å²) in [6, 6.07) is 17.8. The second-order valence-electron chi connectivity index (χ2n) is 6.10. The summed E-state index contributed by atoms with van der Waals surface area (Å²) in [6.45, 7) is -0.0714. The van der Waals surface area contributed by atoms with Gasteiger partial charge in [0.1, 0.15) is 11.5 Å². The van der Waals surface area contributed by atoms with E-state index in [-0.39, 0.29) is 17.2 Å². The van der Waals surface area contributed by atoms with Crippen molar-refractivity contribution in [2.45, 2.75) is 11.4 Å². The molecule has 1 aromatic heterocycles. The van der Waals surface area contributed by atoms with Gasteiger partial charge in [0.05, 0.1) is 17.7 Å². The van der Waals surface area contributed by atoms with E-state index in [1.807, 2.05) is 0 Å². The van der Waals surface area contributed by atoms with E-state index in [9.17, 15) is 18.0 Å². The van der Waals surface area contributed by atoms with Crippen molar-refractivity contribution in [1.29, 1.82) is 0 Å². The number of anilines is 1. The topological polar surface area (TPSA) is 130 Å². The second-order valence-corrected chi connectivity index (χ2v) is 8.78. The van der Waals surface area contributed by atoms with Crippen LogP contribution in [0.4, 0.5) is 5.69 Å². The monoisotopic (exact) mass is 504 g/mol. The molecule has 31 heavy (non-hydrogen) atoms. The number of hydrogen-bond acceptors (Lipinski definition) is 6. The van der Waals surface area contributed by atoms with E-state index in [0.29, 0.717) is 11.4 Å². The Balaban J connectivity index is 1.50. The number of hydrogen-bond donors (Lipinski definition) is 3. The van der Waals surface area contributed by atoms with Gasteiger partial charge in [-0.3, -0.25) is 9.59 Å². The van der Waals surface area contributed by atoms with Crippen LogP contribution in [0.1, 0.15) is 11.5 Å². The van der Waals surface area contributed by atoms with Gasteiger partial charge in [0.15, 0.2) is 0 Å². The minimum atomic E-state index is -3.70. The lowest BCUT2D eigenvalue weighted by Crippen LogP contribution is -2.32. The third kappa shape index (κ3) is 6.60.